The molecule has 0 aromatic rings. The quantitative estimate of drug-likeness (QED) is 0.656. The van der Waals surface area contributed by atoms with Crippen molar-refractivity contribution in [2.45, 2.75) is 38.4 Å². The molecule has 2 fully saturated rings. The Morgan fingerprint density at radius 3 is 2.33 bits per heavy atom. The molecule has 88 valence electrons. The fourth-order valence-electron chi connectivity index (χ4n) is 2.74. The van der Waals surface area contributed by atoms with Crippen molar-refractivity contribution in [1.82, 2.24) is 9.80 Å². The molecule has 0 N–H and O–H groups in total. The monoisotopic (exact) mass is 214 g/mol. The number of alkyl halides is 1. The first-order valence-corrected chi connectivity index (χ1v) is 6.23. The molecule has 0 radical (unpaired) electrons. The molecule has 2 nitrogen and oxygen atoms in total. The van der Waals surface area contributed by atoms with E-state index in [0.717, 1.165) is 13.0 Å². The molecule has 0 spiro atoms. The van der Waals surface area contributed by atoms with E-state index in [2.05, 4.69) is 16.8 Å². The van der Waals surface area contributed by atoms with E-state index in [9.17, 15) is 4.39 Å². The van der Waals surface area contributed by atoms with Crippen molar-refractivity contribution in [3.05, 3.63) is 0 Å². The predicted octanol–water partition coefficient (Wildman–Crippen LogP) is 1.76. The molecule has 0 saturated carbocycles. The second-order valence-electron chi connectivity index (χ2n) is 5.31. The summed E-state index contributed by atoms with van der Waals surface area (Å²) in [6, 6.07) is 0.645. The van der Waals surface area contributed by atoms with Gasteiger partial charge in [0.15, 0.2) is 0 Å². The molecule has 3 heteroatoms. The summed E-state index contributed by atoms with van der Waals surface area (Å²) in [5.74, 6) is 0.271. The Labute approximate surface area is 92.4 Å². The fraction of sp³-hybridized carbons (Fsp3) is 1.00. The summed E-state index contributed by atoms with van der Waals surface area (Å²) in [4.78, 5) is 4.76. The predicted molar refractivity (Wildman–Crippen MR) is 60.8 cm³/mol. The Hall–Kier alpha value is -0.150. The highest BCUT2D eigenvalue weighted by atomic mass is 19.1. The molecular formula is C12H23FN2. The van der Waals surface area contributed by atoms with Gasteiger partial charge in [-0.2, -0.15) is 0 Å². The molecule has 0 bridgehead atoms. The molecule has 2 atom stereocenters. The fourth-order valence-corrected chi connectivity index (χ4v) is 2.74. The maximum atomic E-state index is 13.6. The minimum Gasteiger partial charge on any atom is -0.306 e. The lowest BCUT2D eigenvalue weighted by molar-refractivity contribution is 0.0392. The summed E-state index contributed by atoms with van der Waals surface area (Å²) in [5.41, 5.74) is 0. The van der Waals surface area contributed by atoms with Crippen molar-refractivity contribution < 1.29 is 4.39 Å². The number of nitrogens with zero attached hydrogens (tertiary/aromatic N) is 2. The third kappa shape index (κ3) is 2.70. The maximum Gasteiger partial charge on any atom is 0.115 e. The smallest absolute Gasteiger partial charge is 0.115 e. The normalized spacial score (nSPS) is 37.0. The highest BCUT2D eigenvalue weighted by Crippen LogP contribution is 2.25. The van der Waals surface area contributed by atoms with Crippen LogP contribution in [-0.2, 0) is 0 Å². The average Bonchev–Trinajstić information content (AvgIpc) is 2.23. The molecular weight excluding hydrogens is 191 g/mol. The summed E-state index contributed by atoms with van der Waals surface area (Å²) >= 11 is 0. The zero-order valence-electron chi connectivity index (χ0n) is 9.95. The third-order valence-corrected chi connectivity index (χ3v) is 4.10. The molecule has 2 aliphatic rings. The Bertz CT molecular complexity index is 202. The van der Waals surface area contributed by atoms with Crippen LogP contribution in [0.15, 0.2) is 0 Å². The van der Waals surface area contributed by atoms with Gasteiger partial charge in [-0.15, -0.1) is 0 Å². The van der Waals surface area contributed by atoms with E-state index in [-0.39, 0.29) is 5.92 Å². The van der Waals surface area contributed by atoms with E-state index in [1.165, 1.54) is 25.9 Å². The SMILES string of the molecule is C[C@H]1CCN(C2CCN(C)CC2)C[C@@H]1F. The van der Waals surface area contributed by atoms with Crippen LogP contribution in [-0.4, -0.2) is 55.2 Å². The van der Waals surface area contributed by atoms with Crippen molar-refractivity contribution in [3.63, 3.8) is 0 Å². The van der Waals surface area contributed by atoms with Crippen LogP contribution in [0.4, 0.5) is 4.39 Å². The molecule has 2 heterocycles. The highest BCUT2D eigenvalue weighted by molar-refractivity contribution is 4.85. The van der Waals surface area contributed by atoms with Crippen LogP contribution in [0.3, 0.4) is 0 Å². The number of likely N-dealkylation sites (tertiary alicyclic amines) is 2. The van der Waals surface area contributed by atoms with Crippen molar-refractivity contribution in [1.29, 1.82) is 0 Å². The lowest BCUT2D eigenvalue weighted by Crippen LogP contribution is -2.50. The van der Waals surface area contributed by atoms with Gasteiger partial charge in [0, 0.05) is 12.6 Å². The molecule has 0 unspecified atom stereocenters. The van der Waals surface area contributed by atoms with E-state index in [4.69, 9.17) is 0 Å². The maximum absolute atomic E-state index is 13.6. The Kier molecular flexibility index (Phi) is 3.62. The highest BCUT2D eigenvalue weighted by Gasteiger charge is 2.31. The number of halogens is 1. The number of hydrogen-bond acceptors (Lipinski definition) is 2. The Morgan fingerprint density at radius 1 is 1.07 bits per heavy atom. The van der Waals surface area contributed by atoms with Crippen LogP contribution in [0.2, 0.25) is 0 Å². The van der Waals surface area contributed by atoms with Gasteiger partial charge < -0.3 is 4.90 Å². The van der Waals surface area contributed by atoms with Gasteiger partial charge in [0.25, 0.3) is 0 Å². The van der Waals surface area contributed by atoms with Crippen LogP contribution in [0.5, 0.6) is 0 Å². The first-order chi connectivity index (χ1) is 7.16. The summed E-state index contributed by atoms with van der Waals surface area (Å²) in [7, 11) is 2.17. The third-order valence-electron chi connectivity index (χ3n) is 4.10. The number of hydrogen-bond donors (Lipinski definition) is 0. The van der Waals surface area contributed by atoms with E-state index < -0.39 is 6.17 Å². The summed E-state index contributed by atoms with van der Waals surface area (Å²) in [6.07, 6.45) is 2.88. The van der Waals surface area contributed by atoms with Crippen LogP contribution < -0.4 is 0 Å². The van der Waals surface area contributed by atoms with Gasteiger partial charge in [-0.25, -0.2) is 4.39 Å². The summed E-state index contributed by atoms with van der Waals surface area (Å²) in [5, 5.41) is 0. The molecule has 2 rings (SSSR count). The molecule has 0 aromatic carbocycles. The largest absolute Gasteiger partial charge is 0.306 e. The molecule has 0 aliphatic carbocycles. The zero-order valence-corrected chi connectivity index (χ0v) is 9.95. The van der Waals surface area contributed by atoms with Crippen molar-refractivity contribution >= 4 is 0 Å². The number of piperidine rings is 2. The molecule has 2 aliphatic heterocycles. The van der Waals surface area contributed by atoms with Crippen molar-refractivity contribution in [2.24, 2.45) is 5.92 Å². The lowest BCUT2D eigenvalue weighted by atomic mass is 9.93. The van der Waals surface area contributed by atoms with Gasteiger partial charge in [-0.1, -0.05) is 6.92 Å². The number of rotatable bonds is 1. The van der Waals surface area contributed by atoms with Gasteiger partial charge in [0.05, 0.1) is 0 Å². The second kappa shape index (κ2) is 4.79. The average molecular weight is 214 g/mol. The minimum atomic E-state index is -0.599. The van der Waals surface area contributed by atoms with Crippen LogP contribution in [0.25, 0.3) is 0 Å². The van der Waals surface area contributed by atoms with E-state index in [1.54, 1.807) is 0 Å². The van der Waals surface area contributed by atoms with Crippen LogP contribution in [0.1, 0.15) is 26.2 Å². The Morgan fingerprint density at radius 2 is 1.73 bits per heavy atom. The van der Waals surface area contributed by atoms with Crippen molar-refractivity contribution in [3.8, 4) is 0 Å². The second-order valence-corrected chi connectivity index (χ2v) is 5.31. The first kappa shape index (κ1) is 11.3. The molecule has 0 amide bonds. The Balaban J connectivity index is 1.84. The standard InChI is InChI=1S/C12H23FN2/c1-10-3-8-15(9-12(10)13)11-4-6-14(2)7-5-11/h10-12H,3-9H2,1-2H3/t10-,12-/m0/s1. The summed E-state index contributed by atoms with van der Waals surface area (Å²) in [6.45, 7) is 6.17. The molecule has 15 heavy (non-hydrogen) atoms. The van der Waals surface area contributed by atoms with Gasteiger partial charge in [-0.05, 0) is 51.9 Å². The minimum absolute atomic E-state index is 0.271. The van der Waals surface area contributed by atoms with Gasteiger partial charge in [0.2, 0.25) is 0 Å². The molecule has 2 saturated heterocycles. The van der Waals surface area contributed by atoms with Gasteiger partial charge >= 0.3 is 0 Å². The zero-order chi connectivity index (χ0) is 10.8. The first-order valence-electron chi connectivity index (χ1n) is 6.23. The van der Waals surface area contributed by atoms with Gasteiger partial charge in [0.1, 0.15) is 6.17 Å². The van der Waals surface area contributed by atoms with E-state index in [0.29, 0.717) is 12.6 Å². The van der Waals surface area contributed by atoms with Crippen LogP contribution in [0, 0.1) is 5.92 Å². The van der Waals surface area contributed by atoms with Crippen molar-refractivity contribution in [2.75, 3.05) is 33.2 Å². The molecule has 0 aromatic heterocycles. The van der Waals surface area contributed by atoms with E-state index >= 15 is 0 Å². The van der Waals surface area contributed by atoms with Gasteiger partial charge in [-0.3, -0.25) is 4.90 Å². The topological polar surface area (TPSA) is 6.48 Å². The summed E-state index contributed by atoms with van der Waals surface area (Å²) < 4.78 is 13.6. The lowest BCUT2D eigenvalue weighted by Gasteiger charge is -2.41. The van der Waals surface area contributed by atoms with E-state index in [1.807, 2.05) is 6.92 Å². The van der Waals surface area contributed by atoms with Crippen LogP contribution >= 0.6 is 0 Å².